The van der Waals surface area contributed by atoms with Crippen molar-refractivity contribution in [3.8, 4) is 11.5 Å². The number of para-hydroxylation sites is 2. The van der Waals surface area contributed by atoms with Gasteiger partial charge in [-0.2, -0.15) is 0 Å². The van der Waals surface area contributed by atoms with Gasteiger partial charge in [0.15, 0.2) is 0 Å². The van der Waals surface area contributed by atoms with Gasteiger partial charge in [0.25, 0.3) is 0 Å². The molecule has 0 atom stereocenters. The molecule has 2 aromatic carbocycles. The normalized spacial score (nSPS) is 11.0. The molecule has 0 unspecified atom stereocenters. The first kappa shape index (κ1) is 30.4. The van der Waals surface area contributed by atoms with Gasteiger partial charge in [0.1, 0.15) is 11.5 Å². The van der Waals surface area contributed by atoms with Gasteiger partial charge < -0.3 is 10.2 Å². The first-order valence-corrected chi connectivity index (χ1v) is 14.4. The van der Waals surface area contributed by atoms with Gasteiger partial charge in [0, 0.05) is 43.0 Å². The smallest absolute Gasteiger partial charge is 0.124 e. The second kappa shape index (κ2) is 18.9. The molecule has 0 aliphatic heterocycles. The number of phenolic OH excluding ortho intramolecular Hbond substituents is 2. The summed E-state index contributed by atoms with van der Waals surface area (Å²) in [6.45, 7) is 1.55. The van der Waals surface area contributed by atoms with Gasteiger partial charge >= 0.3 is 0 Å². The molecule has 0 aromatic heterocycles. The quantitative estimate of drug-likeness (QED) is 0.225. The molecule has 0 bridgehead atoms. The molecular formula is C22H30N2O2S4Zn. The predicted octanol–water partition coefficient (Wildman–Crippen LogP) is 5.72. The number of benzene rings is 2. The maximum absolute atomic E-state index is 9.49. The number of hydrogen-bond acceptors (Lipinski definition) is 8. The van der Waals surface area contributed by atoms with E-state index in [9.17, 15) is 10.2 Å². The molecule has 9 heteroatoms. The summed E-state index contributed by atoms with van der Waals surface area (Å²) < 4.78 is 0.985. The van der Waals surface area contributed by atoms with Crippen LogP contribution in [-0.2, 0) is 19.5 Å². The number of hydrogen-bond donors (Lipinski definition) is 2. The van der Waals surface area contributed by atoms with Crippen molar-refractivity contribution in [2.24, 2.45) is 9.98 Å². The van der Waals surface area contributed by atoms with Crippen molar-refractivity contribution in [1.29, 1.82) is 0 Å². The fourth-order valence-corrected chi connectivity index (χ4v) is 4.64. The molecule has 2 N–H and O–H groups in total. The Balaban J connectivity index is 0.000000562. The van der Waals surface area contributed by atoms with Gasteiger partial charge in [-0.15, -0.1) is 47.0 Å². The number of thioether (sulfide) groups is 4. The van der Waals surface area contributed by atoms with Crippen LogP contribution in [0.25, 0.3) is 0 Å². The third-order valence-corrected chi connectivity index (χ3v) is 8.90. The summed E-state index contributed by atoms with van der Waals surface area (Å²) in [4.78, 5) is 8.64. The number of nitrogens with zero attached hydrogens (tertiary/aromatic N) is 2. The van der Waals surface area contributed by atoms with Crippen molar-refractivity contribution in [2.45, 2.75) is 9.16 Å². The van der Waals surface area contributed by atoms with Gasteiger partial charge in [0.2, 0.25) is 0 Å². The van der Waals surface area contributed by atoms with Crippen molar-refractivity contribution < 1.29 is 29.7 Å². The molecule has 0 saturated heterocycles. The van der Waals surface area contributed by atoms with Gasteiger partial charge in [-0.1, -0.05) is 24.3 Å². The molecule has 0 aliphatic carbocycles. The third kappa shape index (κ3) is 12.9. The summed E-state index contributed by atoms with van der Waals surface area (Å²) in [5, 5.41) is 19.0. The molecular weight excluding hydrogens is 518 g/mol. The Morgan fingerprint density at radius 2 is 1.00 bits per heavy atom. The zero-order chi connectivity index (χ0) is 22.2. The minimum absolute atomic E-state index is 0. The van der Waals surface area contributed by atoms with Crippen LogP contribution >= 0.6 is 47.0 Å². The third-order valence-electron chi connectivity index (χ3n) is 3.89. The summed E-state index contributed by atoms with van der Waals surface area (Å²) in [6, 6.07) is 14.4. The van der Waals surface area contributed by atoms with E-state index in [-0.39, 0.29) is 31.0 Å². The minimum Gasteiger partial charge on any atom is -0.507 e. The molecule has 0 fully saturated rings. The monoisotopic (exact) mass is 546 g/mol. The Kier molecular flexibility index (Phi) is 18.6. The first-order valence-electron chi connectivity index (χ1n) is 9.22. The Hall–Kier alpha value is -0.597. The first-order chi connectivity index (χ1) is 14.5. The summed E-state index contributed by atoms with van der Waals surface area (Å²) in [5.41, 5.74) is 1.55. The van der Waals surface area contributed by atoms with E-state index in [0.717, 1.165) is 24.2 Å². The van der Waals surface area contributed by atoms with Gasteiger partial charge in [-0.05, 0) is 49.3 Å². The standard InChI is InChI=1S/2C11H15NOS2.Zn/c2*1-14-11(15-2)8-12-7-9-5-3-4-6-10(9)13;/h2*3-7,11,13H,8H2,1-2H3;. The molecule has 0 heterocycles. The van der Waals surface area contributed by atoms with Crippen LogP contribution in [0.1, 0.15) is 11.1 Å². The second-order valence-corrected chi connectivity index (χ2v) is 10.7. The number of rotatable bonds is 10. The Bertz CT molecular complexity index is 720. The minimum atomic E-state index is 0. The van der Waals surface area contributed by atoms with E-state index >= 15 is 0 Å². The zero-order valence-corrected chi connectivity index (χ0v) is 24.7. The number of aromatic hydroxyl groups is 2. The molecule has 0 aliphatic rings. The summed E-state index contributed by atoms with van der Waals surface area (Å²) in [6.07, 6.45) is 11.8. The molecule has 0 radical (unpaired) electrons. The van der Waals surface area contributed by atoms with Crippen LogP contribution in [0.3, 0.4) is 0 Å². The van der Waals surface area contributed by atoms with Crippen LogP contribution in [0.5, 0.6) is 11.5 Å². The van der Waals surface area contributed by atoms with Crippen LogP contribution in [0, 0.1) is 0 Å². The number of phenols is 2. The van der Waals surface area contributed by atoms with Crippen LogP contribution in [0.2, 0.25) is 0 Å². The summed E-state index contributed by atoms with van der Waals surface area (Å²) in [5.74, 6) is 0.567. The van der Waals surface area contributed by atoms with Gasteiger partial charge in [-0.3, -0.25) is 9.98 Å². The Labute approximate surface area is 216 Å². The Morgan fingerprint density at radius 1 is 0.677 bits per heavy atom. The second-order valence-electron chi connectivity index (χ2n) is 5.91. The molecule has 31 heavy (non-hydrogen) atoms. The van der Waals surface area contributed by atoms with Crippen LogP contribution in [0.15, 0.2) is 58.5 Å². The average Bonchev–Trinajstić information content (AvgIpc) is 2.77. The van der Waals surface area contributed by atoms with Crippen LogP contribution in [0.4, 0.5) is 0 Å². The van der Waals surface area contributed by atoms with E-state index in [1.54, 1.807) is 83.7 Å². The van der Waals surface area contributed by atoms with E-state index < -0.39 is 0 Å². The van der Waals surface area contributed by atoms with E-state index in [4.69, 9.17) is 0 Å². The topological polar surface area (TPSA) is 65.2 Å². The SMILES string of the molecule is CSC(CN=Cc1ccccc1O)SC.CSC(CN=Cc1ccccc1O)SC.[Zn]. The molecule has 4 nitrogen and oxygen atoms in total. The van der Waals surface area contributed by atoms with Crippen molar-refractivity contribution >= 4 is 59.5 Å². The fraction of sp³-hybridized carbons (Fsp3) is 0.364. The molecule has 2 aromatic rings. The summed E-state index contributed by atoms with van der Waals surface area (Å²) in [7, 11) is 0. The average molecular weight is 548 g/mol. The van der Waals surface area contributed by atoms with Gasteiger partial charge in [-0.25, -0.2) is 0 Å². The fourth-order valence-electron chi connectivity index (χ4n) is 2.16. The molecule has 0 saturated carbocycles. The van der Waals surface area contributed by atoms with Crippen LogP contribution < -0.4 is 0 Å². The van der Waals surface area contributed by atoms with Crippen LogP contribution in [-0.4, -0.2) is 69.9 Å². The van der Waals surface area contributed by atoms with Crippen molar-refractivity contribution in [3.05, 3.63) is 59.7 Å². The molecule has 0 amide bonds. The number of aliphatic imine (C=N–C) groups is 2. The van der Waals surface area contributed by atoms with Crippen molar-refractivity contribution in [1.82, 2.24) is 0 Å². The van der Waals surface area contributed by atoms with E-state index in [1.165, 1.54) is 0 Å². The zero-order valence-electron chi connectivity index (χ0n) is 18.5. The van der Waals surface area contributed by atoms with E-state index in [1.807, 2.05) is 24.3 Å². The van der Waals surface area contributed by atoms with Crippen molar-refractivity contribution in [2.75, 3.05) is 38.1 Å². The largest absolute Gasteiger partial charge is 0.507 e. The molecule has 2 rings (SSSR count). The molecule has 166 valence electrons. The van der Waals surface area contributed by atoms with Crippen molar-refractivity contribution in [3.63, 3.8) is 0 Å². The maximum atomic E-state index is 9.49. The molecule has 0 spiro atoms. The maximum Gasteiger partial charge on any atom is 0.124 e. The predicted molar refractivity (Wildman–Crippen MR) is 143 cm³/mol. The van der Waals surface area contributed by atoms with Gasteiger partial charge in [0.05, 0.1) is 22.3 Å². The summed E-state index contributed by atoms with van der Waals surface area (Å²) >= 11 is 7.18. The van der Waals surface area contributed by atoms with E-state index in [2.05, 4.69) is 35.0 Å². The van der Waals surface area contributed by atoms with E-state index in [0.29, 0.717) is 9.16 Å². The Morgan fingerprint density at radius 3 is 1.29 bits per heavy atom.